The molecule has 4 rings (SSSR count). The average Bonchev–Trinajstić information content (AvgIpc) is 2.83. The average molecular weight is 452 g/mol. The highest BCUT2D eigenvalue weighted by molar-refractivity contribution is 6.30. The van der Waals surface area contributed by atoms with Gasteiger partial charge in [0.25, 0.3) is 11.6 Å². The summed E-state index contributed by atoms with van der Waals surface area (Å²) >= 11 is 5.93. The minimum Gasteiger partial charge on any atom is -0.488 e. The molecule has 0 aromatic heterocycles. The molecular weight excluding hydrogens is 430 g/mol. The summed E-state index contributed by atoms with van der Waals surface area (Å²) in [4.78, 5) is 27.9. The monoisotopic (exact) mass is 451 g/mol. The molecule has 1 aliphatic heterocycles. The number of amides is 1. The second kappa shape index (κ2) is 9.70. The maximum Gasteiger partial charge on any atom is 0.292 e. The first-order valence-electron chi connectivity index (χ1n) is 10.3. The summed E-state index contributed by atoms with van der Waals surface area (Å²) in [6.07, 6.45) is 0. The minimum absolute atomic E-state index is 0.0771. The fraction of sp³-hybridized carbons (Fsp3) is 0.208. The molecule has 0 bridgehead atoms. The van der Waals surface area contributed by atoms with Gasteiger partial charge in [0.2, 0.25) is 0 Å². The van der Waals surface area contributed by atoms with E-state index in [9.17, 15) is 14.9 Å². The molecule has 0 spiro atoms. The van der Waals surface area contributed by atoms with Crippen molar-refractivity contribution in [1.82, 2.24) is 4.90 Å². The molecule has 8 heteroatoms. The fourth-order valence-electron chi connectivity index (χ4n) is 3.72. The lowest BCUT2D eigenvalue weighted by Gasteiger charge is -2.36. The predicted octanol–water partition coefficient (Wildman–Crippen LogP) is 4.79. The molecule has 1 amide bonds. The SMILES string of the molecule is O=C(c1ccccc1OCc1ccc(Cl)cc1)N1CCN(c2ccccc2[N+](=O)[O-])CC1. The predicted molar refractivity (Wildman–Crippen MR) is 123 cm³/mol. The van der Waals surface area contributed by atoms with Gasteiger partial charge in [0.05, 0.1) is 10.5 Å². The highest BCUT2D eigenvalue weighted by Gasteiger charge is 2.27. The van der Waals surface area contributed by atoms with Gasteiger partial charge in [-0.2, -0.15) is 0 Å². The number of carbonyl (C=O) groups excluding carboxylic acids is 1. The Morgan fingerprint density at radius 2 is 1.59 bits per heavy atom. The maximum absolute atomic E-state index is 13.2. The number of para-hydroxylation sites is 3. The highest BCUT2D eigenvalue weighted by atomic mass is 35.5. The van der Waals surface area contributed by atoms with Crippen LogP contribution in [0.4, 0.5) is 11.4 Å². The fourth-order valence-corrected chi connectivity index (χ4v) is 3.84. The molecule has 3 aromatic rings. The van der Waals surface area contributed by atoms with Crippen LogP contribution in [-0.2, 0) is 6.61 Å². The molecule has 32 heavy (non-hydrogen) atoms. The van der Waals surface area contributed by atoms with Crippen LogP contribution in [0.15, 0.2) is 72.8 Å². The Morgan fingerprint density at radius 1 is 0.938 bits per heavy atom. The molecule has 1 aliphatic rings. The number of hydrogen-bond donors (Lipinski definition) is 0. The van der Waals surface area contributed by atoms with E-state index in [1.54, 1.807) is 47.4 Å². The summed E-state index contributed by atoms with van der Waals surface area (Å²) in [5.74, 6) is 0.410. The summed E-state index contributed by atoms with van der Waals surface area (Å²) < 4.78 is 5.93. The molecule has 0 radical (unpaired) electrons. The number of carbonyl (C=O) groups is 1. The third-order valence-corrected chi connectivity index (χ3v) is 5.66. The number of anilines is 1. The second-order valence-corrected chi connectivity index (χ2v) is 7.87. The lowest BCUT2D eigenvalue weighted by molar-refractivity contribution is -0.384. The lowest BCUT2D eigenvalue weighted by Crippen LogP contribution is -2.49. The maximum atomic E-state index is 13.2. The van der Waals surface area contributed by atoms with Gasteiger partial charge in [-0.1, -0.05) is 48.0 Å². The molecule has 0 saturated carbocycles. The number of hydrogen-bond acceptors (Lipinski definition) is 5. The van der Waals surface area contributed by atoms with Gasteiger partial charge >= 0.3 is 0 Å². The molecule has 3 aromatic carbocycles. The van der Waals surface area contributed by atoms with Crippen molar-refractivity contribution >= 4 is 28.9 Å². The van der Waals surface area contributed by atoms with Gasteiger partial charge in [0.1, 0.15) is 18.0 Å². The molecule has 1 heterocycles. The van der Waals surface area contributed by atoms with Crippen LogP contribution in [0.5, 0.6) is 5.75 Å². The minimum atomic E-state index is -0.374. The van der Waals surface area contributed by atoms with Gasteiger partial charge in [0.15, 0.2) is 0 Å². The summed E-state index contributed by atoms with van der Waals surface area (Å²) in [6, 6.07) is 21.2. The zero-order chi connectivity index (χ0) is 22.5. The first kappa shape index (κ1) is 21.6. The number of piperazine rings is 1. The zero-order valence-corrected chi connectivity index (χ0v) is 18.1. The van der Waals surface area contributed by atoms with Crippen LogP contribution in [0.25, 0.3) is 0 Å². The molecular formula is C24H22ClN3O4. The van der Waals surface area contributed by atoms with Crippen LogP contribution >= 0.6 is 11.6 Å². The van der Waals surface area contributed by atoms with E-state index in [-0.39, 0.29) is 16.5 Å². The van der Waals surface area contributed by atoms with Crippen molar-refractivity contribution in [3.8, 4) is 5.75 Å². The Bertz CT molecular complexity index is 1110. The highest BCUT2D eigenvalue weighted by Crippen LogP contribution is 2.29. The summed E-state index contributed by atoms with van der Waals surface area (Å²) in [5, 5.41) is 12.0. The third-order valence-electron chi connectivity index (χ3n) is 5.41. The van der Waals surface area contributed by atoms with Crippen molar-refractivity contribution in [3.63, 3.8) is 0 Å². The quantitative estimate of drug-likeness (QED) is 0.398. The number of rotatable bonds is 6. The summed E-state index contributed by atoms with van der Waals surface area (Å²) in [5.41, 5.74) is 2.11. The summed E-state index contributed by atoms with van der Waals surface area (Å²) in [6.45, 7) is 2.30. The number of ether oxygens (including phenoxy) is 1. The van der Waals surface area contributed by atoms with Gasteiger partial charge in [-0.3, -0.25) is 14.9 Å². The van der Waals surface area contributed by atoms with Gasteiger partial charge in [-0.25, -0.2) is 0 Å². The van der Waals surface area contributed by atoms with Crippen LogP contribution in [-0.4, -0.2) is 41.9 Å². The zero-order valence-electron chi connectivity index (χ0n) is 17.3. The van der Waals surface area contributed by atoms with E-state index in [4.69, 9.17) is 16.3 Å². The van der Waals surface area contributed by atoms with E-state index in [1.165, 1.54) is 6.07 Å². The van der Waals surface area contributed by atoms with Crippen LogP contribution in [0.3, 0.4) is 0 Å². The normalized spacial score (nSPS) is 13.7. The van der Waals surface area contributed by atoms with E-state index in [0.717, 1.165) is 5.56 Å². The third kappa shape index (κ3) is 4.84. The Balaban J connectivity index is 1.42. The van der Waals surface area contributed by atoms with Gasteiger partial charge in [-0.05, 0) is 35.9 Å². The van der Waals surface area contributed by atoms with Crippen LogP contribution in [0, 0.1) is 10.1 Å². The molecule has 7 nitrogen and oxygen atoms in total. The van der Waals surface area contributed by atoms with E-state index >= 15 is 0 Å². The number of benzene rings is 3. The number of nitrogens with zero attached hydrogens (tertiary/aromatic N) is 3. The lowest BCUT2D eigenvalue weighted by atomic mass is 10.1. The van der Waals surface area contributed by atoms with Crippen molar-refractivity contribution in [3.05, 3.63) is 99.1 Å². The van der Waals surface area contributed by atoms with E-state index in [2.05, 4.69) is 0 Å². The molecule has 0 N–H and O–H groups in total. The van der Waals surface area contributed by atoms with E-state index in [0.29, 0.717) is 54.8 Å². The number of halogens is 1. The van der Waals surface area contributed by atoms with Crippen LogP contribution in [0.1, 0.15) is 15.9 Å². The van der Waals surface area contributed by atoms with Gasteiger partial charge < -0.3 is 14.5 Å². The van der Waals surface area contributed by atoms with Crippen molar-refractivity contribution in [2.75, 3.05) is 31.1 Å². The largest absolute Gasteiger partial charge is 0.488 e. The Hall–Kier alpha value is -3.58. The first-order valence-corrected chi connectivity index (χ1v) is 10.6. The smallest absolute Gasteiger partial charge is 0.292 e. The van der Waals surface area contributed by atoms with E-state index < -0.39 is 0 Å². The number of nitro groups is 1. The van der Waals surface area contributed by atoms with Gasteiger partial charge in [0, 0.05) is 37.3 Å². The topological polar surface area (TPSA) is 75.9 Å². The van der Waals surface area contributed by atoms with Crippen molar-refractivity contribution in [1.29, 1.82) is 0 Å². The molecule has 0 unspecified atom stereocenters. The summed E-state index contributed by atoms with van der Waals surface area (Å²) in [7, 11) is 0. The van der Waals surface area contributed by atoms with Crippen LogP contribution < -0.4 is 9.64 Å². The molecule has 1 saturated heterocycles. The Kier molecular flexibility index (Phi) is 6.56. The van der Waals surface area contributed by atoms with Crippen molar-refractivity contribution < 1.29 is 14.5 Å². The van der Waals surface area contributed by atoms with E-state index in [1.807, 2.05) is 29.2 Å². The van der Waals surface area contributed by atoms with Crippen molar-refractivity contribution in [2.24, 2.45) is 0 Å². The standard InChI is InChI=1S/C24H22ClN3O4/c25-19-11-9-18(10-12-19)17-32-23-8-4-1-5-20(23)24(29)27-15-13-26(14-16-27)21-6-2-3-7-22(21)28(30)31/h1-12H,13-17H2. The molecule has 1 fully saturated rings. The van der Waals surface area contributed by atoms with Gasteiger partial charge in [-0.15, -0.1) is 0 Å². The Morgan fingerprint density at radius 3 is 2.31 bits per heavy atom. The molecule has 0 aliphatic carbocycles. The molecule has 164 valence electrons. The second-order valence-electron chi connectivity index (χ2n) is 7.44. The van der Waals surface area contributed by atoms with Crippen LogP contribution in [0.2, 0.25) is 5.02 Å². The Labute approximate surface area is 190 Å². The molecule has 0 atom stereocenters. The first-order chi connectivity index (χ1) is 15.5. The van der Waals surface area contributed by atoms with Crippen molar-refractivity contribution in [2.45, 2.75) is 6.61 Å². The number of nitro benzene ring substituents is 1.